The molecule has 0 spiro atoms. The fourth-order valence-electron chi connectivity index (χ4n) is 1.72. The first-order valence-electron chi connectivity index (χ1n) is 7.43. The largest absolute Gasteiger partial charge is 0.489 e. The van der Waals surface area contributed by atoms with E-state index in [9.17, 15) is 4.79 Å². The van der Waals surface area contributed by atoms with Crippen LogP contribution in [0.3, 0.4) is 0 Å². The molecule has 0 aliphatic rings. The molecule has 0 unspecified atom stereocenters. The SMILES string of the molecule is C=CC(/C=C/C(=O)OCC)=C\C(OCc1cnn(C)c1)=C(C)C. The summed E-state index contributed by atoms with van der Waals surface area (Å²) in [5, 5.41) is 4.11. The van der Waals surface area contributed by atoms with Crippen LogP contribution < -0.4 is 0 Å². The molecule has 0 saturated carbocycles. The molecule has 0 radical (unpaired) electrons. The van der Waals surface area contributed by atoms with Crippen molar-refractivity contribution < 1.29 is 14.3 Å². The van der Waals surface area contributed by atoms with E-state index < -0.39 is 0 Å². The molecule has 0 amide bonds. The number of allylic oxidation sites excluding steroid dienone is 5. The van der Waals surface area contributed by atoms with Crippen LogP contribution in [0.5, 0.6) is 0 Å². The summed E-state index contributed by atoms with van der Waals surface area (Å²) in [6.45, 7) is 10.2. The Bertz CT molecular complexity index is 632. The van der Waals surface area contributed by atoms with Crippen LogP contribution in [0.2, 0.25) is 0 Å². The van der Waals surface area contributed by atoms with Gasteiger partial charge in [-0.05, 0) is 44.1 Å². The Hall–Kier alpha value is -2.56. The molecular weight excluding hydrogens is 292 g/mol. The molecule has 1 aromatic rings. The predicted octanol–water partition coefficient (Wildman–Crippen LogP) is 3.46. The van der Waals surface area contributed by atoms with Crippen LogP contribution in [0.4, 0.5) is 0 Å². The van der Waals surface area contributed by atoms with Crippen LogP contribution in [-0.4, -0.2) is 22.4 Å². The van der Waals surface area contributed by atoms with E-state index in [2.05, 4.69) is 11.7 Å². The molecule has 0 atom stereocenters. The fourth-order valence-corrected chi connectivity index (χ4v) is 1.72. The van der Waals surface area contributed by atoms with E-state index in [4.69, 9.17) is 9.47 Å². The third kappa shape index (κ3) is 6.82. The number of hydrogen-bond acceptors (Lipinski definition) is 4. The Kier molecular flexibility index (Phi) is 7.60. The molecule has 5 heteroatoms. The van der Waals surface area contributed by atoms with E-state index in [0.717, 1.165) is 22.5 Å². The number of nitrogens with zero attached hydrogens (tertiary/aromatic N) is 2. The third-order valence-electron chi connectivity index (χ3n) is 2.88. The highest BCUT2D eigenvalue weighted by Crippen LogP contribution is 2.14. The van der Waals surface area contributed by atoms with E-state index in [-0.39, 0.29) is 5.97 Å². The van der Waals surface area contributed by atoms with Crippen molar-refractivity contribution in [2.45, 2.75) is 27.4 Å². The van der Waals surface area contributed by atoms with Crippen molar-refractivity contribution in [3.63, 3.8) is 0 Å². The molecule has 1 heterocycles. The summed E-state index contributed by atoms with van der Waals surface area (Å²) in [4.78, 5) is 11.4. The van der Waals surface area contributed by atoms with Gasteiger partial charge in [0.15, 0.2) is 0 Å². The van der Waals surface area contributed by atoms with Gasteiger partial charge in [-0.1, -0.05) is 12.7 Å². The highest BCUT2D eigenvalue weighted by atomic mass is 16.5. The Balaban J connectivity index is 2.81. The van der Waals surface area contributed by atoms with Gasteiger partial charge in [-0.15, -0.1) is 0 Å². The number of carbonyl (C=O) groups excluding carboxylic acids is 1. The highest BCUT2D eigenvalue weighted by Gasteiger charge is 2.02. The number of hydrogen-bond donors (Lipinski definition) is 0. The number of rotatable bonds is 8. The van der Waals surface area contributed by atoms with Crippen LogP contribution >= 0.6 is 0 Å². The second kappa shape index (κ2) is 9.46. The van der Waals surface area contributed by atoms with Gasteiger partial charge in [0.2, 0.25) is 0 Å². The molecular formula is C18H24N2O3. The van der Waals surface area contributed by atoms with Crippen molar-refractivity contribution in [3.05, 3.63) is 65.7 Å². The minimum atomic E-state index is -0.379. The maximum Gasteiger partial charge on any atom is 0.330 e. The Morgan fingerprint density at radius 3 is 2.61 bits per heavy atom. The molecule has 0 bridgehead atoms. The molecule has 1 aromatic heterocycles. The summed E-state index contributed by atoms with van der Waals surface area (Å²) in [6, 6.07) is 0. The van der Waals surface area contributed by atoms with Crippen LogP contribution in [-0.2, 0) is 27.9 Å². The predicted molar refractivity (Wildman–Crippen MR) is 90.4 cm³/mol. The van der Waals surface area contributed by atoms with Crippen molar-refractivity contribution >= 4 is 5.97 Å². The van der Waals surface area contributed by atoms with Crippen molar-refractivity contribution in [1.82, 2.24) is 9.78 Å². The van der Waals surface area contributed by atoms with E-state index in [1.165, 1.54) is 6.08 Å². The monoisotopic (exact) mass is 316 g/mol. The molecule has 0 aliphatic carbocycles. The van der Waals surface area contributed by atoms with Crippen molar-refractivity contribution in [1.29, 1.82) is 0 Å². The zero-order valence-corrected chi connectivity index (χ0v) is 14.2. The summed E-state index contributed by atoms with van der Waals surface area (Å²) in [5.74, 6) is 0.354. The van der Waals surface area contributed by atoms with Crippen LogP contribution in [0.1, 0.15) is 26.3 Å². The summed E-state index contributed by atoms with van der Waals surface area (Å²) in [5.41, 5.74) is 2.78. The molecule has 5 nitrogen and oxygen atoms in total. The highest BCUT2D eigenvalue weighted by molar-refractivity contribution is 5.82. The first kappa shape index (κ1) is 18.5. The van der Waals surface area contributed by atoms with Crippen molar-refractivity contribution in [2.24, 2.45) is 7.05 Å². The molecule has 23 heavy (non-hydrogen) atoms. The third-order valence-corrected chi connectivity index (χ3v) is 2.88. The zero-order chi connectivity index (χ0) is 17.2. The lowest BCUT2D eigenvalue weighted by atomic mass is 10.1. The molecule has 0 aromatic carbocycles. The second-order valence-corrected chi connectivity index (χ2v) is 5.11. The number of esters is 1. The standard InChI is InChI=1S/C18H24N2O3/c1-6-15(8-9-18(21)22-7-2)10-17(14(3)4)23-13-16-11-19-20(5)12-16/h6,8-12H,1,7,13H2,2-5H3/b9-8+,15-10+. The summed E-state index contributed by atoms with van der Waals surface area (Å²) >= 11 is 0. The smallest absolute Gasteiger partial charge is 0.330 e. The van der Waals surface area contributed by atoms with E-state index in [1.54, 1.807) is 30.0 Å². The van der Waals surface area contributed by atoms with Crippen LogP contribution in [0.25, 0.3) is 0 Å². The van der Waals surface area contributed by atoms with Gasteiger partial charge in [-0.2, -0.15) is 5.10 Å². The maximum atomic E-state index is 11.4. The van der Waals surface area contributed by atoms with E-state index in [1.807, 2.05) is 33.2 Å². The van der Waals surface area contributed by atoms with Crippen LogP contribution in [0, 0.1) is 0 Å². The molecule has 0 N–H and O–H groups in total. The van der Waals surface area contributed by atoms with Gasteiger partial charge in [-0.25, -0.2) is 4.79 Å². The lowest BCUT2D eigenvalue weighted by molar-refractivity contribution is -0.137. The van der Waals surface area contributed by atoms with E-state index >= 15 is 0 Å². The molecule has 0 saturated heterocycles. The lowest BCUT2D eigenvalue weighted by Gasteiger charge is -2.09. The number of aryl methyl sites for hydroxylation is 1. The van der Waals surface area contributed by atoms with Crippen molar-refractivity contribution in [3.8, 4) is 0 Å². The second-order valence-electron chi connectivity index (χ2n) is 5.11. The molecule has 0 aliphatic heterocycles. The Labute approximate surface area is 137 Å². The minimum Gasteiger partial charge on any atom is -0.489 e. The van der Waals surface area contributed by atoms with Gasteiger partial charge in [0, 0.05) is 24.9 Å². The Morgan fingerprint density at radius 2 is 2.09 bits per heavy atom. The topological polar surface area (TPSA) is 53.4 Å². The lowest BCUT2D eigenvalue weighted by Crippen LogP contribution is -1.99. The number of ether oxygens (including phenoxy) is 2. The first-order chi connectivity index (χ1) is 11.0. The fraction of sp³-hybridized carbons (Fsp3) is 0.333. The van der Waals surface area contributed by atoms with Gasteiger partial charge in [0.1, 0.15) is 12.4 Å². The number of aromatic nitrogens is 2. The summed E-state index contributed by atoms with van der Waals surface area (Å²) in [7, 11) is 1.86. The average molecular weight is 316 g/mol. The van der Waals surface area contributed by atoms with Gasteiger partial charge < -0.3 is 9.47 Å². The summed E-state index contributed by atoms with van der Waals surface area (Å²) in [6.07, 6.45) is 10.2. The molecule has 0 fully saturated rings. The van der Waals surface area contributed by atoms with Crippen molar-refractivity contribution in [2.75, 3.05) is 6.61 Å². The van der Waals surface area contributed by atoms with Gasteiger partial charge in [-0.3, -0.25) is 4.68 Å². The van der Waals surface area contributed by atoms with Gasteiger partial charge >= 0.3 is 5.97 Å². The number of carbonyl (C=O) groups is 1. The summed E-state index contributed by atoms with van der Waals surface area (Å²) < 4.78 is 12.4. The quantitative estimate of drug-likeness (QED) is 0.319. The first-order valence-corrected chi connectivity index (χ1v) is 7.43. The maximum absolute atomic E-state index is 11.4. The minimum absolute atomic E-state index is 0.351. The normalized spacial score (nSPS) is 11.4. The zero-order valence-electron chi connectivity index (χ0n) is 14.2. The molecule has 124 valence electrons. The van der Waals surface area contributed by atoms with Gasteiger partial charge in [0.05, 0.1) is 12.8 Å². The average Bonchev–Trinajstić information content (AvgIpc) is 2.92. The van der Waals surface area contributed by atoms with Gasteiger partial charge in [0.25, 0.3) is 0 Å². The van der Waals surface area contributed by atoms with E-state index in [0.29, 0.717) is 13.2 Å². The van der Waals surface area contributed by atoms with Crippen LogP contribution in [0.15, 0.2) is 60.2 Å². The Morgan fingerprint density at radius 1 is 1.35 bits per heavy atom. The molecule has 1 rings (SSSR count).